The third-order valence-corrected chi connectivity index (χ3v) is 3.47. The number of ether oxygens (including phenoxy) is 2. The van der Waals surface area contributed by atoms with E-state index in [-0.39, 0.29) is 0 Å². The van der Waals surface area contributed by atoms with Crippen molar-refractivity contribution in [2.24, 2.45) is 0 Å². The molecule has 0 aliphatic heterocycles. The lowest BCUT2D eigenvalue weighted by Gasteiger charge is -2.13. The van der Waals surface area contributed by atoms with Crippen molar-refractivity contribution >= 4 is 23.2 Å². The third-order valence-electron chi connectivity index (χ3n) is 2.88. The molecule has 0 fully saturated rings. The van der Waals surface area contributed by atoms with Gasteiger partial charge >= 0.3 is 0 Å². The van der Waals surface area contributed by atoms with Gasteiger partial charge in [0.25, 0.3) is 0 Å². The molecule has 0 N–H and O–H groups in total. The first-order chi connectivity index (χ1) is 10.2. The van der Waals surface area contributed by atoms with Gasteiger partial charge in [-0.2, -0.15) is 5.26 Å². The van der Waals surface area contributed by atoms with Gasteiger partial charge < -0.3 is 9.47 Å². The largest absolute Gasteiger partial charge is 0.493 e. The maximum Gasteiger partial charge on any atom is 0.180 e. The summed E-state index contributed by atoms with van der Waals surface area (Å²) in [5, 5.41) is 9.33. The van der Waals surface area contributed by atoms with E-state index in [0.29, 0.717) is 34.6 Å². The van der Waals surface area contributed by atoms with Crippen LogP contribution in [0.25, 0.3) is 0 Å². The van der Waals surface area contributed by atoms with Gasteiger partial charge in [0.2, 0.25) is 0 Å². The van der Waals surface area contributed by atoms with Gasteiger partial charge in [-0.25, -0.2) is 0 Å². The number of benzene rings is 2. The lowest BCUT2D eigenvalue weighted by molar-refractivity contribution is 0.284. The van der Waals surface area contributed by atoms with Crippen molar-refractivity contribution in [3.63, 3.8) is 0 Å². The summed E-state index contributed by atoms with van der Waals surface area (Å²) in [5.41, 5.74) is 2.33. The van der Waals surface area contributed by atoms with Gasteiger partial charge in [0, 0.05) is 5.88 Å². The Morgan fingerprint density at radius 3 is 2.67 bits per heavy atom. The SMILES string of the molecule is COc1cc(CCl)cc(Cl)c1OCc1cccc(C#N)c1. The van der Waals surface area contributed by atoms with Crippen LogP contribution >= 0.6 is 23.2 Å². The number of nitriles is 1. The molecule has 2 rings (SSSR count). The van der Waals surface area contributed by atoms with Crippen LogP contribution in [0.2, 0.25) is 5.02 Å². The van der Waals surface area contributed by atoms with Crippen LogP contribution < -0.4 is 9.47 Å². The number of nitrogens with zero attached hydrogens (tertiary/aromatic N) is 1. The van der Waals surface area contributed by atoms with Crippen LogP contribution in [0.5, 0.6) is 11.5 Å². The second kappa shape index (κ2) is 7.21. The second-order valence-corrected chi connectivity index (χ2v) is 5.02. The minimum absolute atomic E-state index is 0.297. The molecule has 0 aromatic heterocycles. The van der Waals surface area contributed by atoms with E-state index >= 15 is 0 Å². The molecule has 0 unspecified atom stereocenters. The Morgan fingerprint density at radius 1 is 1.19 bits per heavy atom. The van der Waals surface area contributed by atoms with Crippen molar-refractivity contribution in [1.82, 2.24) is 0 Å². The molecule has 0 saturated carbocycles. The van der Waals surface area contributed by atoms with Crippen LogP contribution in [-0.2, 0) is 12.5 Å². The lowest BCUT2D eigenvalue weighted by atomic mass is 10.1. The average molecular weight is 322 g/mol. The standard InChI is InChI=1S/C16H13Cl2NO2/c1-20-15-7-13(8-17)6-14(18)16(15)21-10-12-4-2-3-11(5-12)9-19/h2-7H,8,10H2,1H3. The molecular weight excluding hydrogens is 309 g/mol. The van der Waals surface area contributed by atoms with Crippen LogP contribution in [0.4, 0.5) is 0 Å². The minimum Gasteiger partial charge on any atom is -0.493 e. The highest BCUT2D eigenvalue weighted by molar-refractivity contribution is 6.32. The molecule has 5 heteroatoms. The zero-order chi connectivity index (χ0) is 15.2. The Bertz CT molecular complexity index is 680. The second-order valence-electron chi connectivity index (χ2n) is 4.34. The van der Waals surface area contributed by atoms with Crippen molar-refractivity contribution in [2.75, 3.05) is 7.11 Å². The molecule has 0 spiro atoms. The third kappa shape index (κ3) is 3.81. The number of halogens is 2. The van der Waals surface area contributed by atoms with Gasteiger partial charge in [0.15, 0.2) is 11.5 Å². The monoisotopic (exact) mass is 321 g/mol. The van der Waals surface area contributed by atoms with Gasteiger partial charge in [-0.15, -0.1) is 11.6 Å². The summed E-state index contributed by atoms with van der Waals surface area (Å²) in [4.78, 5) is 0. The van der Waals surface area contributed by atoms with Crippen molar-refractivity contribution in [3.05, 3.63) is 58.1 Å². The van der Waals surface area contributed by atoms with Crippen LogP contribution in [-0.4, -0.2) is 7.11 Å². The maximum atomic E-state index is 8.89. The molecule has 0 saturated heterocycles. The Kier molecular flexibility index (Phi) is 5.32. The quantitative estimate of drug-likeness (QED) is 0.759. The van der Waals surface area contributed by atoms with Gasteiger partial charge in [-0.05, 0) is 35.4 Å². The first-order valence-electron chi connectivity index (χ1n) is 6.22. The van der Waals surface area contributed by atoms with Crippen LogP contribution in [0, 0.1) is 11.3 Å². The zero-order valence-electron chi connectivity index (χ0n) is 11.4. The Morgan fingerprint density at radius 2 is 2.00 bits per heavy atom. The fourth-order valence-electron chi connectivity index (χ4n) is 1.88. The zero-order valence-corrected chi connectivity index (χ0v) is 12.9. The molecule has 2 aromatic carbocycles. The van der Waals surface area contributed by atoms with E-state index in [9.17, 15) is 0 Å². The predicted molar refractivity (Wildman–Crippen MR) is 83.1 cm³/mol. The van der Waals surface area contributed by atoms with Crippen molar-refractivity contribution in [2.45, 2.75) is 12.5 Å². The van der Waals surface area contributed by atoms with E-state index in [1.165, 1.54) is 0 Å². The summed E-state index contributed by atoms with van der Waals surface area (Å²) in [6.07, 6.45) is 0. The molecule has 0 atom stereocenters. The predicted octanol–water partition coefficient (Wildman–Crippen LogP) is 4.54. The molecule has 0 aliphatic carbocycles. The van der Waals surface area contributed by atoms with E-state index in [0.717, 1.165) is 11.1 Å². The summed E-state index contributed by atoms with van der Waals surface area (Å²) in [6, 6.07) is 12.8. The van der Waals surface area contributed by atoms with Gasteiger partial charge in [0.05, 0.1) is 23.8 Å². The van der Waals surface area contributed by atoms with Crippen LogP contribution in [0.1, 0.15) is 16.7 Å². The normalized spacial score (nSPS) is 10.0. The van der Waals surface area contributed by atoms with Crippen LogP contribution in [0.3, 0.4) is 0 Å². The van der Waals surface area contributed by atoms with Gasteiger partial charge in [-0.1, -0.05) is 23.7 Å². The molecule has 0 aliphatic rings. The van der Waals surface area contributed by atoms with E-state index in [2.05, 4.69) is 6.07 Å². The number of hydrogen-bond acceptors (Lipinski definition) is 3. The molecule has 0 bridgehead atoms. The average Bonchev–Trinajstić information content (AvgIpc) is 2.53. The molecule has 3 nitrogen and oxygen atoms in total. The van der Waals surface area contributed by atoms with Gasteiger partial charge in [-0.3, -0.25) is 0 Å². The van der Waals surface area contributed by atoms with Crippen molar-refractivity contribution < 1.29 is 9.47 Å². The van der Waals surface area contributed by atoms with E-state index in [1.54, 1.807) is 31.4 Å². The number of rotatable bonds is 5. The summed E-state index contributed by atoms with van der Waals surface area (Å²) in [5.74, 6) is 1.35. The molecule has 21 heavy (non-hydrogen) atoms. The minimum atomic E-state index is 0.297. The van der Waals surface area contributed by atoms with Crippen molar-refractivity contribution in [1.29, 1.82) is 5.26 Å². The van der Waals surface area contributed by atoms with E-state index in [4.69, 9.17) is 37.9 Å². The molecule has 2 aromatic rings. The fourth-order valence-corrected chi connectivity index (χ4v) is 2.32. The highest BCUT2D eigenvalue weighted by atomic mass is 35.5. The highest BCUT2D eigenvalue weighted by Gasteiger charge is 2.12. The summed E-state index contributed by atoms with van der Waals surface area (Å²) >= 11 is 12.0. The maximum absolute atomic E-state index is 8.89. The molecule has 0 amide bonds. The molecule has 0 radical (unpaired) electrons. The first kappa shape index (κ1) is 15.5. The van der Waals surface area contributed by atoms with Crippen molar-refractivity contribution in [3.8, 4) is 17.6 Å². The highest BCUT2D eigenvalue weighted by Crippen LogP contribution is 2.37. The van der Waals surface area contributed by atoms with Crippen LogP contribution in [0.15, 0.2) is 36.4 Å². The molecule has 108 valence electrons. The Labute approximate surface area is 133 Å². The fraction of sp³-hybridized carbons (Fsp3) is 0.188. The first-order valence-corrected chi connectivity index (χ1v) is 7.13. The van der Waals surface area contributed by atoms with Gasteiger partial charge in [0.1, 0.15) is 6.61 Å². The molecule has 0 heterocycles. The number of alkyl halides is 1. The van der Waals surface area contributed by atoms with E-state index < -0.39 is 0 Å². The smallest absolute Gasteiger partial charge is 0.180 e. The Hall–Kier alpha value is -1.89. The summed E-state index contributed by atoms with van der Waals surface area (Å²) < 4.78 is 11.0. The van der Waals surface area contributed by atoms with E-state index in [1.807, 2.05) is 12.1 Å². The Balaban J connectivity index is 2.21. The summed E-state index contributed by atoms with van der Waals surface area (Å²) in [7, 11) is 1.55. The topological polar surface area (TPSA) is 42.2 Å². The molecular formula is C16H13Cl2NO2. The number of methoxy groups -OCH3 is 1. The lowest BCUT2D eigenvalue weighted by Crippen LogP contribution is -1.99. The summed E-state index contributed by atoms with van der Waals surface area (Å²) in [6.45, 7) is 0.297. The number of hydrogen-bond donors (Lipinski definition) is 0.